The fraction of sp³-hybridized carbons (Fsp3) is 0.419. The number of rotatable bonds is 15. The summed E-state index contributed by atoms with van der Waals surface area (Å²) < 4.78 is 46.5. The Hall–Kier alpha value is -4.55. The number of esters is 1. The maximum absolute atomic E-state index is 14.8. The van der Waals surface area contributed by atoms with Crippen molar-refractivity contribution in [3.8, 4) is 35.2 Å². The van der Waals surface area contributed by atoms with E-state index in [0.29, 0.717) is 46.9 Å². The van der Waals surface area contributed by atoms with Crippen molar-refractivity contribution in [2.75, 3.05) is 13.2 Å². The van der Waals surface area contributed by atoms with Crippen LogP contribution in [0.4, 0.5) is 8.78 Å². The van der Waals surface area contributed by atoms with E-state index in [0.717, 1.165) is 64.2 Å². The molecular formula is C43H46F2O4. The smallest absolute Gasteiger partial charge is 0.309 e. The summed E-state index contributed by atoms with van der Waals surface area (Å²) in [4.78, 5) is 13.0. The third kappa shape index (κ3) is 10.5. The van der Waals surface area contributed by atoms with Crippen LogP contribution < -0.4 is 9.47 Å². The molecule has 0 heterocycles. The highest BCUT2D eigenvalue weighted by Gasteiger charge is 2.40. The Kier molecular flexibility index (Phi) is 13.3. The van der Waals surface area contributed by atoms with Crippen LogP contribution >= 0.6 is 0 Å². The predicted octanol–water partition coefficient (Wildman–Crippen LogP) is 9.94. The number of ether oxygens (including phenoxy) is 3. The van der Waals surface area contributed by atoms with Crippen molar-refractivity contribution < 1.29 is 27.8 Å². The Morgan fingerprint density at radius 2 is 1.27 bits per heavy atom. The second kappa shape index (κ2) is 18.3. The number of carbonyl (C=O) groups is 1. The maximum Gasteiger partial charge on any atom is 0.309 e. The number of carbonyl (C=O) groups excluding carboxylic acids is 1. The van der Waals surface area contributed by atoms with Crippen LogP contribution in [0.1, 0.15) is 106 Å². The first-order valence-corrected chi connectivity index (χ1v) is 17.8. The highest BCUT2D eigenvalue weighted by atomic mass is 19.1. The average Bonchev–Trinajstić information content (AvgIpc) is 3.75. The number of fused-ring (bicyclic) bond motifs is 2. The fourth-order valence-electron chi connectivity index (χ4n) is 6.32. The molecule has 1 fully saturated rings. The van der Waals surface area contributed by atoms with Gasteiger partial charge in [-0.2, -0.15) is 0 Å². The lowest BCUT2D eigenvalue weighted by molar-refractivity contribution is -0.150. The second-order valence-electron chi connectivity index (χ2n) is 13.0. The summed E-state index contributed by atoms with van der Waals surface area (Å²) in [5.74, 6) is 12.2. The van der Waals surface area contributed by atoms with Crippen molar-refractivity contribution >= 4 is 5.97 Å². The Morgan fingerprint density at radius 3 is 1.80 bits per heavy atom. The molecule has 0 aliphatic heterocycles. The van der Waals surface area contributed by atoms with E-state index in [9.17, 15) is 13.6 Å². The zero-order valence-corrected chi connectivity index (χ0v) is 28.7. The van der Waals surface area contributed by atoms with Crippen molar-refractivity contribution in [2.24, 2.45) is 17.8 Å². The molecule has 6 heteroatoms. The highest BCUT2D eigenvalue weighted by Crippen LogP contribution is 2.44. The monoisotopic (exact) mass is 664 g/mol. The topological polar surface area (TPSA) is 44.8 Å². The van der Waals surface area contributed by atoms with Gasteiger partial charge in [-0.1, -0.05) is 88.2 Å². The van der Waals surface area contributed by atoms with Gasteiger partial charge in [-0.3, -0.25) is 4.79 Å². The molecule has 0 saturated heterocycles. The molecule has 49 heavy (non-hydrogen) atoms. The van der Waals surface area contributed by atoms with Gasteiger partial charge in [-0.05, 0) is 92.1 Å². The molecule has 3 aromatic rings. The molecule has 256 valence electrons. The van der Waals surface area contributed by atoms with Crippen molar-refractivity contribution in [3.63, 3.8) is 0 Å². The lowest BCUT2D eigenvalue weighted by atomic mass is 9.94. The van der Waals surface area contributed by atoms with Gasteiger partial charge in [0.1, 0.15) is 6.61 Å². The van der Waals surface area contributed by atoms with Crippen LogP contribution in [0.25, 0.3) is 0 Å². The highest BCUT2D eigenvalue weighted by molar-refractivity contribution is 5.74. The molecule has 0 spiro atoms. The van der Waals surface area contributed by atoms with Crippen molar-refractivity contribution in [2.45, 2.75) is 84.7 Å². The number of halogens is 2. The number of unbranched alkanes of at least 4 members (excludes halogenated alkanes) is 6. The molecule has 0 N–H and O–H groups in total. The molecule has 3 unspecified atom stereocenters. The van der Waals surface area contributed by atoms with E-state index in [1.807, 2.05) is 18.2 Å². The third-order valence-corrected chi connectivity index (χ3v) is 9.12. The second-order valence-corrected chi connectivity index (χ2v) is 13.0. The first-order chi connectivity index (χ1) is 23.9. The lowest BCUT2D eigenvalue weighted by Crippen LogP contribution is -2.21. The van der Waals surface area contributed by atoms with E-state index in [-0.39, 0.29) is 35.9 Å². The van der Waals surface area contributed by atoms with E-state index in [4.69, 9.17) is 14.2 Å². The molecular weight excluding hydrogens is 618 g/mol. The normalized spacial score (nSPS) is 17.2. The summed E-state index contributed by atoms with van der Waals surface area (Å²) in [7, 11) is 0. The molecule has 2 bridgehead atoms. The molecule has 4 nitrogen and oxygen atoms in total. The first kappa shape index (κ1) is 35.7. The standard InChI is InChI=1S/C43H46F2O4/c1-3-5-7-9-23-47-41-21-16-32(28-39(41)44)12-11-31-13-18-35(37(25-31)30-49-43(46)38-27-34-15-20-36(38)26-34)19-14-33-17-22-42(40(45)29-33)48-24-10-8-6-4-2/h13,15-18,20-22,25,28-29,34,36,38H,3-10,23-24,26-27,30H2,1-2H3. The fourth-order valence-corrected chi connectivity index (χ4v) is 6.32. The van der Waals surface area contributed by atoms with Gasteiger partial charge in [0.25, 0.3) is 0 Å². The van der Waals surface area contributed by atoms with Gasteiger partial charge in [0.15, 0.2) is 23.1 Å². The zero-order valence-electron chi connectivity index (χ0n) is 28.7. The van der Waals surface area contributed by atoms with Gasteiger partial charge < -0.3 is 14.2 Å². The summed E-state index contributed by atoms with van der Waals surface area (Å²) in [6.45, 7) is 5.29. The third-order valence-electron chi connectivity index (χ3n) is 9.12. The minimum atomic E-state index is -0.454. The van der Waals surface area contributed by atoms with E-state index in [1.54, 1.807) is 24.3 Å². The van der Waals surface area contributed by atoms with Crippen LogP contribution in [0, 0.1) is 53.1 Å². The Balaban J connectivity index is 1.30. The van der Waals surface area contributed by atoms with E-state index < -0.39 is 11.6 Å². The van der Waals surface area contributed by atoms with Gasteiger partial charge in [0, 0.05) is 27.8 Å². The molecule has 1 saturated carbocycles. The van der Waals surface area contributed by atoms with Crippen LogP contribution in [-0.2, 0) is 16.1 Å². The van der Waals surface area contributed by atoms with Crippen molar-refractivity contribution in [1.82, 2.24) is 0 Å². The molecule has 0 aromatic heterocycles. The van der Waals surface area contributed by atoms with Gasteiger partial charge in [-0.25, -0.2) is 8.78 Å². The molecule has 2 aliphatic carbocycles. The SMILES string of the molecule is CCCCCCOc1ccc(C#Cc2ccc(C#Cc3ccc(OCCCCCC)c(F)c3)c(COC(=O)C3CC4C=CC3C4)c2)cc1F. The molecule has 5 rings (SSSR count). The van der Waals surface area contributed by atoms with Crippen molar-refractivity contribution in [1.29, 1.82) is 0 Å². The van der Waals surface area contributed by atoms with E-state index >= 15 is 0 Å². The quantitative estimate of drug-likeness (QED) is 0.0702. The minimum Gasteiger partial charge on any atom is -0.491 e. The van der Waals surface area contributed by atoms with E-state index in [2.05, 4.69) is 49.7 Å². The van der Waals surface area contributed by atoms with Gasteiger partial charge in [-0.15, -0.1) is 0 Å². The van der Waals surface area contributed by atoms with E-state index in [1.165, 1.54) is 12.1 Å². The minimum absolute atomic E-state index is 0.0358. The summed E-state index contributed by atoms with van der Waals surface area (Å²) in [6, 6.07) is 14.9. The summed E-state index contributed by atoms with van der Waals surface area (Å²) >= 11 is 0. The molecule has 3 atom stereocenters. The van der Waals surface area contributed by atoms with Crippen molar-refractivity contribution in [3.05, 3.63) is 106 Å². The van der Waals surface area contributed by atoms with Crippen LogP contribution in [0.3, 0.4) is 0 Å². The molecule has 0 radical (unpaired) electrons. The molecule has 2 aliphatic rings. The largest absolute Gasteiger partial charge is 0.491 e. The molecule has 3 aromatic carbocycles. The summed E-state index contributed by atoms with van der Waals surface area (Å²) in [5.41, 5.74) is 3.04. The first-order valence-electron chi connectivity index (χ1n) is 17.8. The Bertz CT molecular complexity index is 1740. The van der Waals surface area contributed by atoms with Crippen LogP contribution in [0.5, 0.6) is 11.5 Å². The summed E-state index contributed by atoms with van der Waals surface area (Å²) in [5, 5.41) is 0. The number of allylic oxidation sites excluding steroid dienone is 2. The predicted molar refractivity (Wildman–Crippen MR) is 189 cm³/mol. The van der Waals surface area contributed by atoms with Crippen LogP contribution in [-0.4, -0.2) is 19.2 Å². The lowest BCUT2D eigenvalue weighted by Gasteiger charge is -2.17. The van der Waals surface area contributed by atoms with Gasteiger partial charge in [0.05, 0.1) is 19.1 Å². The molecule has 0 amide bonds. The van der Waals surface area contributed by atoms with Crippen LogP contribution in [0.2, 0.25) is 0 Å². The Labute approximate surface area is 290 Å². The summed E-state index contributed by atoms with van der Waals surface area (Å²) in [6.07, 6.45) is 14.6. The number of hydrogen-bond donors (Lipinski definition) is 0. The number of hydrogen-bond acceptors (Lipinski definition) is 4. The van der Waals surface area contributed by atoms with Gasteiger partial charge in [0.2, 0.25) is 0 Å². The number of benzene rings is 3. The maximum atomic E-state index is 14.8. The average molecular weight is 665 g/mol. The van der Waals surface area contributed by atoms with Crippen LogP contribution in [0.15, 0.2) is 66.7 Å². The zero-order chi connectivity index (χ0) is 34.4. The van der Waals surface area contributed by atoms with Gasteiger partial charge >= 0.3 is 5.97 Å². The Morgan fingerprint density at radius 1 is 0.694 bits per heavy atom.